The van der Waals surface area contributed by atoms with E-state index in [0.717, 1.165) is 24.9 Å². The van der Waals surface area contributed by atoms with Crippen molar-refractivity contribution in [3.05, 3.63) is 0 Å². The summed E-state index contributed by atoms with van der Waals surface area (Å²) in [6.45, 7) is 8.28. The van der Waals surface area contributed by atoms with Gasteiger partial charge in [-0.05, 0) is 13.8 Å². The van der Waals surface area contributed by atoms with Gasteiger partial charge < -0.3 is 5.32 Å². The van der Waals surface area contributed by atoms with Gasteiger partial charge in [0, 0.05) is 13.1 Å². The largest absolute Gasteiger partial charge is 0.314 e. The Morgan fingerprint density at radius 2 is 2.38 bits per heavy atom. The zero-order chi connectivity index (χ0) is 9.68. The van der Waals surface area contributed by atoms with Crippen LogP contribution in [0.15, 0.2) is 9.98 Å². The van der Waals surface area contributed by atoms with Gasteiger partial charge in [0.15, 0.2) is 0 Å². The fourth-order valence-electron chi connectivity index (χ4n) is 1.10. The summed E-state index contributed by atoms with van der Waals surface area (Å²) in [6.07, 6.45) is 0. The Morgan fingerprint density at radius 1 is 1.62 bits per heavy atom. The van der Waals surface area contributed by atoms with E-state index in [4.69, 9.17) is 0 Å². The van der Waals surface area contributed by atoms with Gasteiger partial charge in [-0.25, -0.2) is 10.4 Å². The molecule has 0 spiro atoms. The molecule has 1 heterocycles. The summed E-state index contributed by atoms with van der Waals surface area (Å²) < 4.78 is 0. The standard InChI is InChI=1S/C8H17N5/c1-4-9-8-12-7(3)10-6-13(8)11-5-2/h11H,4-6H2,1-3H3,(H,9,10,12). The third-order valence-electron chi connectivity index (χ3n) is 1.65. The summed E-state index contributed by atoms with van der Waals surface area (Å²) in [5.41, 5.74) is 3.17. The summed E-state index contributed by atoms with van der Waals surface area (Å²) in [4.78, 5) is 8.57. The Hall–Kier alpha value is -1.10. The first-order valence-corrected chi connectivity index (χ1v) is 4.61. The highest BCUT2D eigenvalue weighted by Crippen LogP contribution is 1.93. The average Bonchev–Trinajstić information content (AvgIpc) is 2.10. The van der Waals surface area contributed by atoms with Crippen LogP contribution in [-0.4, -0.2) is 36.6 Å². The maximum absolute atomic E-state index is 4.32. The van der Waals surface area contributed by atoms with E-state index >= 15 is 0 Å². The first kappa shape index (κ1) is 9.98. The molecule has 5 heteroatoms. The molecule has 0 radical (unpaired) electrons. The number of rotatable bonds is 3. The average molecular weight is 183 g/mol. The molecule has 0 unspecified atom stereocenters. The van der Waals surface area contributed by atoms with Crippen molar-refractivity contribution in [2.75, 3.05) is 19.8 Å². The van der Waals surface area contributed by atoms with Crippen molar-refractivity contribution in [1.82, 2.24) is 15.8 Å². The molecule has 1 aliphatic heterocycles. The van der Waals surface area contributed by atoms with Gasteiger partial charge in [0.1, 0.15) is 12.5 Å². The van der Waals surface area contributed by atoms with Gasteiger partial charge in [0.05, 0.1) is 0 Å². The molecule has 1 rings (SSSR count). The molecular weight excluding hydrogens is 166 g/mol. The van der Waals surface area contributed by atoms with Crippen LogP contribution in [0.3, 0.4) is 0 Å². The Labute approximate surface area is 78.9 Å². The lowest BCUT2D eigenvalue weighted by Crippen LogP contribution is -2.53. The fourth-order valence-corrected chi connectivity index (χ4v) is 1.10. The minimum Gasteiger partial charge on any atom is -0.314 e. The monoisotopic (exact) mass is 183 g/mol. The van der Waals surface area contributed by atoms with E-state index < -0.39 is 0 Å². The van der Waals surface area contributed by atoms with Gasteiger partial charge in [-0.15, -0.1) is 0 Å². The predicted molar refractivity (Wildman–Crippen MR) is 54.6 cm³/mol. The summed E-state index contributed by atoms with van der Waals surface area (Å²) in [7, 11) is 0. The van der Waals surface area contributed by atoms with Crippen molar-refractivity contribution in [1.29, 1.82) is 0 Å². The van der Waals surface area contributed by atoms with Crippen molar-refractivity contribution in [3.8, 4) is 0 Å². The Balaban J connectivity index is 2.66. The molecule has 13 heavy (non-hydrogen) atoms. The van der Waals surface area contributed by atoms with Crippen LogP contribution in [0.1, 0.15) is 20.8 Å². The molecule has 0 amide bonds. The molecule has 74 valence electrons. The van der Waals surface area contributed by atoms with E-state index in [0.29, 0.717) is 6.67 Å². The Bertz CT molecular complexity index is 221. The Morgan fingerprint density at radius 3 is 3.00 bits per heavy atom. The van der Waals surface area contributed by atoms with Gasteiger partial charge in [-0.1, -0.05) is 6.92 Å². The van der Waals surface area contributed by atoms with Crippen LogP contribution < -0.4 is 10.7 Å². The highest BCUT2D eigenvalue weighted by Gasteiger charge is 2.14. The lowest BCUT2D eigenvalue weighted by atomic mass is 10.6. The third kappa shape index (κ3) is 2.69. The topological polar surface area (TPSA) is 52.0 Å². The number of aliphatic imine (C=N–C) groups is 2. The summed E-state index contributed by atoms with van der Waals surface area (Å²) in [5, 5.41) is 5.03. The van der Waals surface area contributed by atoms with E-state index in [2.05, 4.69) is 27.7 Å². The van der Waals surface area contributed by atoms with Gasteiger partial charge in [-0.2, -0.15) is 0 Å². The van der Waals surface area contributed by atoms with E-state index in [-0.39, 0.29) is 0 Å². The second-order valence-electron chi connectivity index (χ2n) is 2.75. The minimum absolute atomic E-state index is 0.630. The van der Waals surface area contributed by atoms with Crippen LogP contribution in [0.2, 0.25) is 0 Å². The molecule has 0 bridgehead atoms. The molecule has 0 atom stereocenters. The normalized spacial score (nSPS) is 20.1. The lowest BCUT2D eigenvalue weighted by Gasteiger charge is -2.28. The highest BCUT2D eigenvalue weighted by atomic mass is 15.6. The summed E-state index contributed by atoms with van der Waals surface area (Å²) >= 11 is 0. The molecule has 0 saturated carbocycles. The first-order valence-electron chi connectivity index (χ1n) is 4.61. The zero-order valence-corrected chi connectivity index (χ0v) is 8.46. The number of guanidine groups is 1. The molecule has 0 aliphatic carbocycles. The van der Waals surface area contributed by atoms with Gasteiger partial charge >= 0.3 is 0 Å². The van der Waals surface area contributed by atoms with Crippen molar-refractivity contribution >= 4 is 11.8 Å². The molecule has 5 nitrogen and oxygen atoms in total. The molecule has 2 N–H and O–H groups in total. The zero-order valence-electron chi connectivity index (χ0n) is 8.46. The van der Waals surface area contributed by atoms with Crippen LogP contribution in [0.25, 0.3) is 0 Å². The quantitative estimate of drug-likeness (QED) is 0.655. The van der Waals surface area contributed by atoms with Gasteiger partial charge in [0.25, 0.3) is 0 Å². The first-order chi connectivity index (χ1) is 6.27. The fraction of sp³-hybridized carbons (Fsp3) is 0.750. The number of nitrogens with zero attached hydrogens (tertiary/aromatic N) is 3. The summed E-state index contributed by atoms with van der Waals surface area (Å²) in [6, 6.07) is 0. The van der Waals surface area contributed by atoms with Crippen LogP contribution in [-0.2, 0) is 0 Å². The second-order valence-corrected chi connectivity index (χ2v) is 2.75. The second kappa shape index (κ2) is 4.81. The van der Waals surface area contributed by atoms with Crippen LogP contribution in [0, 0.1) is 0 Å². The van der Waals surface area contributed by atoms with Crippen molar-refractivity contribution in [3.63, 3.8) is 0 Å². The van der Waals surface area contributed by atoms with Gasteiger partial charge in [0.2, 0.25) is 5.96 Å². The summed E-state index contributed by atoms with van der Waals surface area (Å²) in [5.74, 6) is 1.78. The Kier molecular flexibility index (Phi) is 3.70. The minimum atomic E-state index is 0.630. The predicted octanol–water partition coefficient (Wildman–Crippen LogP) is 0.168. The van der Waals surface area contributed by atoms with E-state index in [1.807, 2.05) is 18.9 Å². The maximum atomic E-state index is 4.32. The number of amidine groups is 1. The highest BCUT2D eigenvalue weighted by molar-refractivity contribution is 5.99. The molecule has 0 aromatic heterocycles. The van der Waals surface area contributed by atoms with Crippen molar-refractivity contribution in [2.24, 2.45) is 9.98 Å². The number of hydrazine groups is 1. The smallest absolute Gasteiger partial charge is 0.215 e. The number of nitrogens with one attached hydrogen (secondary N) is 2. The van der Waals surface area contributed by atoms with E-state index in [1.54, 1.807) is 0 Å². The molecule has 0 saturated heterocycles. The van der Waals surface area contributed by atoms with Gasteiger partial charge in [-0.3, -0.25) is 10.0 Å². The van der Waals surface area contributed by atoms with Crippen LogP contribution in [0.5, 0.6) is 0 Å². The molecule has 0 fully saturated rings. The van der Waals surface area contributed by atoms with Crippen LogP contribution >= 0.6 is 0 Å². The van der Waals surface area contributed by atoms with Crippen molar-refractivity contribution < 1.29 is 0 Å². The molecule has 0 aromatic rings. The van der Waals surface area contributed by atoms with Crippen LogP contribution in [0.4, 0.5) is 0 Å². The number of hydrogen-bond acceptors (Lipinski definition) is 3. The van der Waals surface area contributed by atoms with Crippen molar-refractivity contribution in [2.45, 2.75) is 20.8 Å². The third-order valence-corrected chi connectivity index (χ3v) is 1.65. The molecular formula is C8H17N5. The maximum Gasteiger partial charge on any atom is 0.215 e. The lowest BCUT2D eigenvalue weighted by molar-refractivity contribution is 0.310. The number of hydrogen-bond donors (Lipinski definition) is 2. The van der Waals surface area contributed by atoms with E-state index in [1.165, 1.54) is 0 Å². The molecule has 1 aliphatic rings. The van der Waals surface area contributed by atoms with E-state index in [9.17, 15) is 0 Å². The molecule has 0 aromatic carbocycles. The SMILES string of the molecule is CCN=C1NC(C)=NCN1NCC.